The van der Waals surface area contributed by atoms with Crippen LogP contribution in [0.25, 0.3) is 0 Å². The summed E-state index contributed by atoms with van der Waals surface area (Å²) in [5.74, 6) is -5.98. The van der Waals surface area contributed by atoms with Gasteiger partial charge in [0.25, 0.3) is 5.79 Å². The van der Waals surface area contributed by atoms with Crippen molar-refractivity contribution in [1.82, 2.24) is 0 Å². The summed E-state index contributed by atoms with van der Waals surface area (Å²) in [6.45, 7) is 2.60. The van der Waals surface area contributed by atoms with Gasteiger partial charge in [0.05, 0.1) is 40.0 Å². The highest BCUT2D eigenvalue weighted by Gasteiger charge is 2.63. The molecule has 63 heavy (non-hydrogen) atoms. The van der Waals surface area contributed by atoms with E-state index in [1.807, 2.05) is 91.0 Å². The zero-order valence-electron chi connectivity index (χ0n) is 35.5. The molecule has 18 nitrogen and oxygen atoms in total. The zero-order valence-corrected chi connectivity index (χ0v) is 35.5. The Morgan fingerprint density at radius 3 is 1.75 bits per heavy atom. The molecule has 11 atom stereocenters. The van der Waals surface area contributed by atoms with E-state index in [2.05, 4.69) is 0 Å². The predicted molar refractivity (Wildman–Crippen MR) is 214 cm³/mol. The van der Waals surface area contributed by atoms with Gasteiger partial charge in [-0.2, -0.15) is 0 Å². The summed E-state index contributed by atoms with van der Waals surface area (Å²) in [5, 5.41) is 0. The number of hydrogen-bond acceptors (Lipinski definition) is 18. The minimum absolute atomic E-state index is 0.0985. The van der Waals surface area contributed by atoms with Crippen molar-refractivity contribution < 1.29 is 85.6 Å². The second kappa shape index (κ2) is 22.2. The molecule has 3 aromatic rings. The second-order valence-electron chi connectivity index (χ2n) is 14.9. The van der Waals surface area contributed by atoms with Crippen molar-refractivity contribution in [3.8, 4) is 0 Å². The molecule has 0 N–H and O–H groups in total. The molecule has 0 saturated carbocycles. The van der Waals surface area contributed by atoms with Crippen molar-refractivity contribution in [2.45, 2.75) is 114 Å². The average molecular weight is 881 g/mol. The molecule has 340 valence electrons. The highest BCUT2D eigenvalue weighted by Crippen LogP contribution is 2.41. The molecule has 3 aliphatic rings. The molecule has 18 heteroatoms. The van der Waals surface area contributed by atoms with Gasteiger partial charge in [-0.25, -0.2) is 9.59 Å². The molecule has 0 radical (unpaired) electrons. The topological polar surface area (TPSA) is 205 Å². The van der Waals surface area contributed by atoms with Gasteiger partial charge in [0.2, 0.25) is 0 Å². The van der Waals surface area contributed by atoms with Crippen LogP contribution >= 0.6 is 0 Å². The Balaban J connectivity index is 1.36. The SMILES string of the molecule is COC(=O)[C@@]1(OC[C@H]2O[C@H](OC)[C@H](OCc3ccccc3)[C@@H](OCc3ccccc3)[C@@H]2OCc2ccccc2)C[C@@H]2OC(=O)O[C@H]2[C@H]([C@H](OC(C)=O)[C@@H](COC(C)=O)OC(C)=O)O1. The number of hydrogen-bond donors (Lipinski definition) is 0. The van der Waals surface area contributed by atoms with Crippen molar-refractivity contribution >= 4 is 30.0 Å². The Morgan fingerprint density at radius 1 is 0.698 bits per heavy atom. The number of benzene rings is 3. The van der Waals surface area contributed by atoms with Crippen LogP contribution in [-0.4, -0.2) is 124 Å². The summed E-state index contributed by atoms with van der Waals surface area (Å²) in [5.41, 5.74) is 2.59. The summed E-state index contributed by atoms with van der Waals surface area (Å²) in [4.78, 5) is 63.5. The number of fused-ring (bicyclic) bond motifs is 1. The minimum atomic E-state index is -2.42. The van der Waals surface area contributed by atoms with Crippen molar-refractivity contribution in [3.63, 3.8) is 0 Å². The molecule has 3 heterocycles. The van der Waals surface area contributed by atoms with Crippen molar-refractivity contribution in [1.29, 1.82) is 0 Å². The number of esters is 4. The predicted octanol–water partition coefficient (Wildman–Crippen LogP) is 4.12. The number of carbonyl (C=O) groups excluding carboxylic acids is 5. The zero-order chi connectivity index (χ0) is 44.9. The standard InChI is InChI=1S/C45H52O18/c1-27(46)53-25-34(58-28(2)47)38(59-29(3)48)40-37-33(61-44(50)62-37)21-45(63-40,43(49)52-5)57-26-35-36(54-22-30-15-9-6-10-16-30)39(55-23-31-17-11-7-12-18-31)41(42(51-4)60-35)56-24-32-19-13-8-14-20-32/h6-20,33-42H,21-26H2,1-5H3/t33-,34+,35+,36+,37+,38+,39-,40+,41+,42-,45+/m0/s1. The fraction of sp³-hybridized carbons (Fsp3) is 0.489. The normalized spacial score (nSPS) is 27.4. The van der Waals surface area contributed by atoms with Crippen LogP contribution in [0.2, 0.25) is 0 Å². The van der Waals surface area contributed by atoms with Crippen molar-refractivity contribution in [2.24, 2.45) is 0 Å². The van der Waals surface area contributed by atoms with Gasteiger partial charge in [0.1, 0.15) is 37.1 Å². The number of carbonyl (C=O) groups is 5. The van der Waals surface area contributed by atoms with Gasteiger partial charge < -0.3 is 61.6 Å². The van der Waals surface area contributed by atoms with E-state index in [-0.39, 0.29) is 19.8 Å². The molecule has 3 aromatic carbocycles. The number of methoxy groups -OCH3 is 2. The van der Waals surface area contributed by atoms with E-state index in [0.29, 0.717) is 0 Å². The fourth-order valence-corrected chi connectivity index (χ4v) is 7.58. The Bertz CT molecular complexity index is 1970. The number of rotatable bonds is 20. The first-order chi connectivity index (χ1) is 30.4. The lowest BCUT2D eigenvalue weighted by molar-refractivity contribution is -0.349. The van der Waals surface area contributed by atoms with Crippen LogP contribution in [0.3, 0.4) is 0 Å². The molecule has 0 aromatic heterocycles. The van der Waals surface area contributed by atoms with Crippen molar-refractivity contribution in [2.75, 3.05) is 27.4 Å². The maximum Gasteiger partial charge on any atom is 0.509 e. The molecule has 6 rings (SSSR count). The average Bonchev–Trinajstić information content (AvgIpc) is 3.66. The maximum absolute atomic E-state index is 14.0. The Kier molecular flexibility index (Phi) is 16.6. The van der Waals surface area contributed by atoms with E-state index in [1.54, 1.807) is 0 Å². The smallest absolute Gasteiger partial charge is 0.465 e. The highest BCUT2D eigenvalue weighted by atomic mass is 16.8. The fourth-order valence-electron chi connectivity index (χ4n) is 7.58. The summed E-state index contributed by atoms with van der Waals surface area (Å²) < 4.78 is 77.6. The molecule has 0 unspecified atom stereocenters. The molecule has 3 aliphatic heterocycles. The van der Waals surface area contributed by atoms with Crippen LogP contribution in [0.15, 0.2) is 91.0 Å². The lowest BCUT2D eigenvalue weighted by Crippen LogP contribution is -2.66. The Labute approximate surface area is 364 Å². The van der Waals surface area contributed by atoms with E-state index in [4.69, 9.17) is 61.6 Å². The third-order valence-electron chi connectivity index (χ3n) is 10.4. The minimum Gasteiger partial charge on any atom is -0.465 e. The van der Waals surface area contributed by atoms with E-state index < -0.39 is 117 Å². The van der Waals surface area contributed by atoms with E-state index in [1.165, 1.54) is 7.11 Å². The Hall–Kier alpha value is -5.47. The van der Waals surface area contributed by atoms with Gasteiger partial charge in [-0.05, 0) is 16.7 Å². The quantitative estimate of drug-likeness (QED) is 0.116. The highest BCUT2D eigenvalue weighted by molar-refractivity contribution is 5.78. The van der Waals surface area contributed by atoms with Gasteiger partial charge in [-0.3, -0.25) is 14.4 Å². The van der Waals surface area contributed by atoms with Crippen LogP contribution < -0.4 is 0 Å². The molecule has 3 saturated heterocycles. The van der Waals surface area contributed by atoms with Crippen LogP contribution in [0.1, 0.15) is 43.9 Å². The van der Waals surface area contributed by atoms with E-state index in [9.17, 15) is 24.0 Å². The van der Waals surface area contributed by atoms with Crippen LogP contribution in [0.5, 0.6) is 0 Å². The van der Waals surface area contributed by atoms with E-state index >= 15 is 0 Å². The maximum atomic E-state index is 14.0. The van der Waals surface area contributed by atoms with Crippen molar-refractivity contribution in [3.05, 3.63) is 108 Å². The first-order valence-corrected chi connectivity index (χ1v) is 20.3. The summed E-state index contributed by atoms with van der Waals surface area (Å²) in [6, 6.07) is 28.4. The molecular weight excluding hydrogens is 828 g/mol. The second-order valence-corrected chi connectivity index (χ2v) is 14.9. The van der Waals surface area contributed by atoms with Crippen LogP contribution in [0, 0.1) is 0 Å². The van der Waals surface area contributed by atoms with Crippen LogP contribution in [-0.2, 0) is 101 Å². The monoisotopic (exact) mass is 880 g/mol. The lowest BCUT2D eigenvalue weighted by Gasteiger charge is -2.47. The van der Waals surface area contributed by atoms with Gasteiger partial charge in [0.15, 0.2) is 30.7 Å². The third-order valence-corrected chi connectivity index (χ3v) is 10.4. The lowest BCUT2D eigenvalue weighted by atomic mass is 9.90. The first kappa shape index (κ1) is 47.0. The van der Waals surface area contributed by atoms with Gasteiger partial charge >= 0.3 is 30.0 Å². The van der Waals surface area contributed by atoms with Gasteiger partial charge in [-0.1, -0.05) is 91.0 Å². The molecule has 0 bridgehead atoms. The first-order valence-electron chi connectivity index (χ1n) is 20.3. The molecule has 3 fully saturated rings. The molecule has 0 aliphatic carbocycles. The summed E-state index contributed by atoms with van der Waals surface area (Å²) >= 11 is 0. The Morgan fingerprint density at radius 2 is 1.24 bits per heavy atom. The number of ether oxygens (including phenoxy) is 13. The summed E-state index contributed by atoms with van der Waals surface area (Å²) in [6.07, 6.45) is -13.9. The molecular formula is C45H52O18. The molecule has 0 spiro atoms. The summed E-state index contributed by atoms with van der Waals surface area (Å²) in [7, 11) is 2.54. The third kappa shape index (κ3) is 12.4. The van der Waals surface area contributed by atoms with Gasteiger partial charge in [0, 0.05) is 27.9 Å². The van der Waals surface area contributed by atoms with Gasteiger partial charge in [-0.15, -0.1) is 0 Å². The largest absolute Gasteiger partial charge is 0.509 e. The molecule has 0 amide bonds. The van der Waals surface area contributed by atoms with Crippen LogP contribution in [0.4, 0.5) is 4.79 Å². The van der Waals surface area contributed by atoms with E-state index in [0.717, 1.165) is 44.6 Å².